The van der Waals surface area contributed by atoms with Crippen molar-refractivity contribution in [2.75, 3.05) is 56.1 Å². The van der Waals surface area contributed by atoms with Crippen LogP contribution >= 0.6 is 11.6 Å². The molecule has 2 aromatic rings. The molecule has 3 fully saturated rings. The minimum absolute atomic E-state index is 0.0812. The first-order valence-electron chi connectivity index (χ1n) is 17.0. The molecule has 1 aromatic carbocycles. The second kappa shape index (κ2) is 15.0. The van der Waals surface area contributed by atoms with Gasteiger partial charge in [0.2, 0.25) is 17.8 Å². The molecule has 262 valence electrons. The van der Waals surface area contributed by atoms with E-state index < -0.39 is 23.9 Å². The van der Waals surface area contributed by atoms with Crippen molar-refractivity contribution in [2.45, 2.75) is 78.7 Å². The minimum Gasteiger partial charge on any atom is -0.464 e. The fourth-order valence-corrected chi connectivity index (χ4v) is 7.46. The van der Waals surface area contributed by atoms with Crippen LogP contribution in [-0.4, -0.2) is 95.4 Å². The number of alkyl halides is 2. The second-order valence-electron chi connectivity index (χ2n) is 13.6. The standard InChI is InChI=1S/C35H47ClF2N6O4/c1-6-48-33(47)24(5)41-34-39-22(3)30(23(4)40-34)32(46)43-19-26-17-42(18-27(26)20-43)14-7-15-44(28-9-8-21(2)29(36)16-28)31(45)25-10-12-35(37,38)13-11-25/h8-9,16,24-27H,6-7,10-15,17-20H2,1-5H3,(H,39,40,41). The number of nitrogens with zero attached hydrogens (tertiary/aromatic N) is 5. The summed E-state index contributed by atoms with van der Waals surface area (Å²) in [5.74, 6) is -2.72. The Morgan fingerprint density at radius 3 is 2.27 bits per heavy atom. The Hall–Kier alpha value is -3.38. The summed E-state index contributed by atoms with van der Waals surface area (Å²) in [6, 6.07) is 4.93. The molecule has 1 N–H and O–H groups in total. The maximum atomic E-state index is 13.8. The van der Waals surface area contributed by atoms with Gasteiger partial charge in [0, 0.05) is 62.2 Å². The molecule has 1 aromatic heterocycles. The maximum Gasteiger partial charge on any atom is 0.328 e. The first kappa shape index (κ1) is 35.9. The number of halogens is 3. The van der Waals surface area contributed by atoms with Crippen LogP contribution in [0, 0.1) is 38.5 Å². The van der Waals surface area contributed by atoms with E-state index >= 15 is 0 Å². The number of hydrogen-bond acceptors (Lipinski definition) is 8. The van der Waals surface area contributed by atoms with Crippen LogP contribution < -0.4 is 10.2 Å². The molecule has 0 radical (unpaired) electrons. The number of esters is 1. The Labute approximate surface area is 286 Å². The molecule has 1 aliphatic carbocycles. The summed E-state index contributed by atoms with van der Waals surface area (Å²) >= 11 is 6.41. The zero-order chi connectivity index (χ0) is 34.7. The number of carbonyl (C=O) groups excluding carboxylic acids is 3. The Morgan fingerprint density at radius 2 is 1.69 bits per heavy atom. The number of aromatic nitrogens is 2. The topological polar surface area (TPSA) is 108 Å². The third-order valence-corrected chi connectivity index (χ3v) is 10.4. The van der Waals surface area contributed by atoms with Gasteiger partial charge in [-0.05, 0) is 90.0 Å². The number of benzene rings is 1. The monoisotopic (exact) mass is 688 g/mol. The normalized spacial score (nSPS) is 21.5. The number of fused-ring (bicyclic) bond motifs is 1. The van der Waals surface area contributed by atoms with Gasteiger partial charge in [-0.15, -0.1) is 0 Å². The van der Waals surface area contributed by atoms with Gasteiger partial charge in [0.15, 0.2) is 0 Å². The van der Waals surface area contributed by atoms with Crippen molar-refractivity contribution in [3.05, 3.63) is 45.7 Å². The molecule has 13 heteroatoms. The molecule has 3 atom stereocenters. The summed E-state index contributed by atoms with van der Waals surface area (Å²) in [6.07, 6.45) is 0.592. The predicted octanol–water partition coefficient (Wildman–Crippen LogP) is 5.67. The molecule has 3 aliphatic rings. The number of rotatable bonds is 11. The SMILES string of the molecule is CCOC(=O)C(C)Nc1nc(C)c(C(=O)N2CC3CN(CCCN(C(=O)C4CCC(F)(F)CC4)c4ccc(C)c(Cl)c4)CC3C2)c(C)n1. The van der Waals surface area contributed by atoms with Crippen molar-refractivity contribution in [3.63, 3.8) is 0 Å². The molecule has 0 spiro atoms. The highest BCUT2D eigenvalue weighted by molar-refractivity contribution is 6.31. The third-order valence-electron chi connectivity index (χ3n) is 9.98. The molecule has 3 heterocycles. The maximum absolute atomic E-state index is 13.8. The Morgan fingerprint density at radius 1 is 1.06 bits per heavy atom. The van der Waals surface area contributed by atoms with E-state index in [0.29, 0.717) is 59.1 Å². The van der Waals surface area contributed by atoms with E-state index in [1.807, 2.05) is 24.0 Å². The second-order valence-corrected chi connectivity index (χ2v) is 14.0. The van der Waals surface area contributed by atoms with Gasteiger partial charge in [0.1, 0.15) is 6.04 Å². The van der Waals surface area contributed by atoms with E-state index in [-0.39, 0.29) is 50.1 Å². The van der Waals surface area contributed by atoms with Crippen molar-refractivity contribution in [1.29, 1.82) is 0 Å². The van der Waals surface area contributed by atoms with Crippen LogP contribution in [0.1, 0.15) is 73.3 Å². The molecule has 2 amide bonds. The molecule has 1 saturated carbocycles. The number of hydrogen-bond donors (Lipinski definition) is 1. The predicted molar refractivity (Wildman–Crippen MR) is 181 cm³/mol. The lowest BCUT2D eigenvalue weighted by atomic mass is 9.85. The van der Waals surface area contributed by atoms with Gasteiger partial charge in [0.05, 0.1) is 23.6 Å². The van der Waals surface area contributed by atoms with Crippen LogP contribution in [0.15, 0.2) is 18.2 Å². The zero-order valence-corrected chi connectivity index (χ0v) is 29.3. The van der Waals surface area contributed by atoms with Crippen molar-refractivity contribution in [1.82, 2.24) is 19.8 Å². The van der Waals surface area contributed by atoms with E-state index in [9.17, 15) is 23.2 Å². The van der Waals surface area contributed by atoms with Gasteiger partial charge in [-0.25, -0.2) is 23.5 Å². The van der Waals surface area contributed by atoms with Crippen molar-refractivity contribution in [3.8, 4) is 0 Å². The van der Waals surface area contributed by atoms with Gasteiger partial charge in [-0.1, -0.05) is 17.7 Å². The lowest BCUT2D eigenvalue weighted by molar-refractivity contribution is -0.143. The molecule has 2 aliphatic heterocycles. The van der Waals surface area contributed by atoms with E-state index in [1.54, 1.807) is 38.7 Å². The number of anilines is 2. The highest BCUT2D eigenvalue weighted by Gasteiger charge is 2.43. The fourth-order valence-electron chi connectivity index (χ4n) is 7.28. The van der Waals surface area contributed by atoms with Gasteiger partial charge in [-0.3, -0.25) is 9.59 Å². The quantitative estimate of drug-likeness (QED) is 0.301. The summed E-state index contributed by atoms with van der Waals surface area (Å²) in [7, 11) is 0. The summed E-state index contributed by atoms with van der Waals surface area (Å²) in [5.41, 5.74) is 3.21. The van der Waals surface area contributed by atoms with Crippen molar-refractivity contribution >= 4 is 41.0 Å². The van der Waals surface area contributed by atoms with E-state index in [2.05, 4.69) is 20.2 Å². The molecular weight excluding hydrogens is 642 g/mol. The zero-order valence-electron chi connectivity index (χ0n) is 28.5. The fraction of sp³-hybridized carbons (Fsp3) is 0.629. The molecular formula is C35H47ClF2N6O4. The third kappa shape index (κ3) is 8.25. The number of aryl methyl sites for hydroxylation is 3. The van der Waals surface area contributed by atoms with Crippen LogP contribution in [0.3, 0.4) is 0 Å². The van der Waals surface area contributed by atoms with Crippen LogP contribution in [0.4, 0.5) is 20.4 Å². The van der Waals surface area contributed by atoms with Gasteiger partial charge in [0.25, 0.3) is 5.91 Å². The Balaban J connectivity index is 1.15. The highest BCUT2D eigenvalue weighted by atomic mass is 35.5. The van der Waals surface area contributed by atoms with E-state index in [4.69, 9.17) is 16.3 Å². The summed E-state index contributed by atoms with van der Waals surface area (Å²) in [4.78, 5) is 54.2. The Bertz CT molecular complexity index is 1480. The summed E-state index contributed by atoms with van der Waals surface area (Å²) < 4.78 is 32.7. The number of amides is 2. The number of likely N-dealkylation sites (tertiary alicyclic amines) is 2. The smallest absolute Gasteiger partial charge is 0.328 e. The van der Waals surface area contributed by atoms with E-state index in [0.717, 1.165) is 31.6 Å². The van der Waals surface area contributed by atoms with Crippen molar-refractivity contribution < 1.29 is 27.9 Å². The van der Waals surface area contributed by atoms with E-state index in [1.165, 1.54) is 0 Å². The van der Waals surface area contributed by atoms with Gasteiger partial charge >= 0.3 is 5.97 Å². The molecule has 2 saturated heterocycles. The summed E-state index contributed by atoms with van der Waals surface area (Å²) in [5, 5.41) is 3.53. The van der Waals surface area contributed by atoms with Crippen LogP contribution in [-0.2, 0) is 14.3 Å². The summed E-state index contributed by atoms with van der Waals surface area (Å²) in [6.45, 7) is 13.5. The first-order chi connectivity index (χ1) is 22.8. The lowest BCUT2D eigenvalue weighted by Crippen LogP contribution is -2.41. The number of nitrogens with one attached hydrogen (secondary N) is 1. The molecule has 48 heavy (non-hydrogen) atoms. The first-order valence-corrected chi connectivity index (χ1v) is 17.4. The highest BCUT2D eigenvalue weighted by Crippen LogP contribution is 2.38. The van der Waals surface area contributed by atoms with Crippen LogP contribution in [0.5, 0.6) is 0 Å². The molecule has 3 unspecified atom stereocenters. The van der Waals surface area contributed by atoms with Crippen LogP contribution in [0.25, 0.3) is 0 Å². The van der Waals surface area contributed by atoms with Crippen LogP contribution in [0.2, 0.25) is 5.02 Å². The van der Waals surface area contributed by atoms with Crippen molar-refractivity contribution in [2.24, 2.45) is 17.8 Å². The number of ether oxygens (including phenoxy) is 1. The molecule has 10 nitrogen and oxygen atoms in total. The largest absolute Gasteiger partial charge is 0.464 e. The average Bonchev–Trinajstić information content (AvgIpc) is 3.59. The lowest BCUT2D eigenvalue weighted by Gasteiger charge is -2.32. The average molecular weight is 689 g/mol. The minimum atomic E-state index is -2.69. The molecule has 0 bridgehead atoms. The Kier molecular flexibility index (Phi) is 11.2. The molecule has 5 rings (SSSR count). The van der Waals surface area contributed by atoms with Gasteiger partial charge in [-0.2, -0.15) is 0 Å². The van der Waals surface area contributed by atoms with Gasteiger partial charge < -0.3 is 24.8 Å². The number of carbonyl (C=O) groups is 3.